The Morgan fingerprint density at radius 1 is 0.963 bits per heavy atom. The summed E-state index contributed by atoms with van der Waals surface area (Å²) in [7, 11) is 0. The van der Waals surface area contributed by atoms with Crippen LogP contribution in [0.4, 0.5) is 0 Å². The summed E-state index contributed by atoms with van der Waals surface area (Å²) in [4.78, 5) is 26.1. The first-order chi connectivity index (χ1) is 13.2. The summed E-state index contributed by atoms with van der Waals surface area (Å²) >= 11 is 1.46. The zero-order chi connectivity index (χ0) is 18.8. The van der Waals surface area contributed by atoms with Gasteiger partial charge in [0, 0.05) is 11.8 Å². The molecular weight excluding hydrogens is 356 g/mol. The number of rotatable bonds is 4. The van der Waals surface area contributed by atoms with E-state index in [1.54, 1.807) is 10.8 Å². The zero-order valence-corrected chi connectivity index (χ0v) is 15.9. The number of hydrogen-bond donors (Lipinski definition) is 0. The van der Waals surface area contributed by atoms with Crippen molar-refractivity contribution in [1.29, 1.82) is 0 Å². The Morgan fingerprint density at radius 2 is 1.63 bits per heavy atom. The molecule has 2 aromatic carbocycles. The normalized spacial score (nSPS) is 12.2. The second-order valence-electron chi connectivity index (χ2n) is 6.16. The van der Waals surface area contributed by atoms with Crippen LogP contribution in [0.3, 0.4) is 0 Å². The highest BCUT2D eigenvalue weighted by molar-refractivity contribution is 7.98. The van der Waals surface area contributed by atoms with E-state index in [1.165, 1.54) is 11.8 Å². The SMILES string of the molecule is CSc1nc(-c2ccccc2)c2cnc(=O)n(C(C)c3ccccc3)c2n1. The van der Waals surface area contributed by atoms with Crippen LogP contribution in [0.1, 0.15) is 18.5 Å². The molecule has 0 aliphatic rings. The van der Waals surface area contributed by atoms with Crippen molar-refractivity contribution in [1.82, 2.24) is 19.5 Å². The van der Waals surface area contributed by atoms with Crippen LogP contribution < -0.4 is 5.69 Å². The Morgan fingerprint density at radius 3 is 2.30 bits per heavy atom. The lowest BCUT2D eigenvalue weighted by Gasteiger charge is -2.18. The van der Waals surface area contributed by atoms with Crippen molar-refractivity contribution in [3.63, 3.8) is 0 Å². The minimum absolute atomic E-state index is 0.192. The van der Waals surface area contributed by atoms with Gasteiger partial charge in [-0.2, -0.15) is 0 Å². The predicted octanol–water partition coefficient (Wildman–Crippen LogP) is 4.18. The molecule has 27 heavy (non-hydrogen) atoms. The summed E-state index contributed by atoms with van der Waals surface area (Å²) in [5.74, 6) is 0. The number of nitrogens with zero attached hydrogens (tertiary/aromatic N) is 4. The highest BCUT2D eigenvalue weighted by atomic mass is 32.2. The molecule has 0 aliphatic carbocycles. The highest BCUT2D eigenvalue weighted by Gasteiger charge is 2.18. The Balaban J connectivity index is 2.03. The molecule has 1 unspecified atom stereocenters. The molecule has 0 radical (unpaired) electrons. The molecule has 0 N–H and O–H groups in total. The molecule has 0 fully saturated rings. The third-order valence-corrected chi connectivity index (χ3v) is 5.09. The van der Waals surface area contributed by atoms with Crippen LogP contribution in [0.2, 0.25) is 0 Å². The lowest BCUT2D eigenvalue weighted by molar-refractivity contribution is 0.613. The van der Waals surface area contributed by atoms with E-state index >= 15 is 0 Å². The maximum atomic E-state index is 12.7. The number of thioether (sulfide) groups is 1. The Labute approximate surface area is 161 Å². The molecule has 0 bridgehead atoms. The summed E-state index contributed by atoms with van der Waals surface area (Å²) in [6.07, 6.45) is 3.51. The predicted molar refractivity (Wildman–Crippen MR) is 109 cm³/mol. The molecular formula is C21H18N4OS. The molecule has 6 heteroatoms. The van der Waals surface area contributed by atoms with Gasteiger partial charge in [-0.1, -0.05) is 72.4 Å². The average Bonchev–Trinajstić information content (AvgIpc) is 2.73. The third-order valence-electron chi connectivity index (χ3n) is 4.54. The van der Waals surface area contributed by atoms with Crippen molar-refractivity contribution in [2.75, 3.05) is 6.26 Å². The monoisotopic (exact) mass is 374 g/mol. The fraction of sp³-hybridized carbons (Fsp3) is 0.143. The van der Waals surface area contributed by atoms with Crippen LogP contribution in [0.25, 0.3) is 22.3 Å². The van der Waals surface area contributed by atoms with Crippen LogP contribution in [0.5, 0.6) is 0 Å². The van der Waals surface area contributed by atoms with Gasteiger partial charge in [0.15, 0.2) is 10.8 Å². The van der Waals surface area contributed by atoms with Gasteiger partial charge in [0.2, 0.25) is 0 Å². The van der Waals surface area contributed by atoms with Crippen LogP contribution in [0, 0.1) is 0 Å². The first-order valence-electron chi connectivity index (χ1n) is 8.62. The number of hydrogen-bond acceptors (Lipinski definition) is 5. The van der Waals surface area contributed by atoms with E-state index in [-0.39, 0.29) is 11.7 Å². The van der Waals surface area contributed by atoms with E-state index < -0.39 is 0 Å². The fourth-order valence-electron chi connectivity index (χ4n) is 3.15. The molecule has 4 aromatic rings. The topological polar surface area (TPSA) is 60.7 Å². The minimum Gasteiger partial charge on any atom is -0.269 e. The highest BCUT2D eigenvalue weighted by Crippen LogP contribution is 2.29. The van der Waals surface area contributed by atoms with E-state index in [0.717, 1.165) is 22.2 Å². The molecule has 0 saturated carbocycles. The first-order valence-corrected chi connectivity index (χ1v) is 9.85. The van der Waals surface area contributed by atoms with E-state index in [9.17, 15) is 4.79 Å². The van der Waals surface area contributed by atoms with Gasteiger partial charge in [0.1, 0.15) is 0 Å². The lowest BCUT2D eigenvalue weighted by Crippen LogP contribution is -2.27. The molecule has 4 rings (SSSR count). The van der Waals surface area contributed by atoms with Gasteiger partial charge in [-0.25, -0.2) is 19.7 Å². The molecule has 1 atom stereocenters. The summed E-state index contributed by atoms with van der Waals surface area (Å²) in [5.41, 5.74) is 3.07. The van der Waals surface area contributed by atoms with Crippen molar-refractivity contribution in [3.8, 4) is 11.3 Å². The van der Waals surface area contributed by atoms with Gasteiger partial charge in [0.05, 0.1) is 17.1 Å². The molecule has 0 aliphatic heterocycles. The molecule has 0 amide bonds. The summed E-state index contributed by atoms with van der Waals surface area (Å²) in [6, 6.07) is 19.6. The first kappa shape index (κ1) is 17.4. The van der Waals surface area contributed by atoms with Crippen molar-refractivity contribution >= 4 is 22.8 Å². The molecule has 2 heterocycles. The summed E-state index contributed by atoms with van der Waals surface area (Å²) in [5, 5.41) is 1.39. The van der Waals surface area contributed by atoms with Crippen LogP contribution in [0.15, 0.2) is 76.8 Å². The Kier molecular flexibility index (Phi) is 4.73. The molecule has 0 spiro atoms. The average molecular weight is 374 g/mol. The van der Waals surface area contributed by atoms with Crippen molar-refractivity contribution < 1.29 is 0 Å². The number of fused-ring (bicyclic) bond motifs is 1. The second kappa shape index (κ2) is 7.32. The smallest absolute Gasteiger partial charge is 0.269 e. The van der Waals surface area contributed by atoms with Crippen LogP contribution >= 0.6 is 11.8 Å². The number of aromatic nitrogens is 4. The van der Waals surface area contributed by atoms with Crippen molar-refractivity contribution in [2.24, 2.45) is 0 Å². The van der Waals surface area contributed by atoms with Gasteiger partial charge in [0.25, 0.3) is 0 Å². The summed E-state index contributed by atoms with van der Waals surface area (Å²) < 4.78 is 1.65. The van der Waals surface area contributed by atoms with Gasteiger partial charge in [-0.3, -0.25) is 4.57 Å². The Bertz CT molecular complexity index is 1140. The fourth-order valence-corrected chi connectivity index (χ4v) is 3.51. The molecule has 2 aromatic heterocycles. The largest absolute Gasteiger partial charge is 0.349 e. The molecule has 0 saturated heterocycles. The van der Waals surface area contributed by atoms with Crippen LogP contribution in [-0.4, -0.2) is 25.8 Å². The van der Waals surface area contributed by atoms with Gasteiger partial charge >= 0.3 is 5.69 Å². The maximum Gasteiger partial charge on any atom is 0.349 e. The molecule has 5 nitrogen and oxygen atoms in total. The lowest BCUT2D eigenvalue weighted by atomic mass is 10.1. The zero-order valence-electron chi connectivity index (χ0n) is 15.0. The Hall–Kier alpha value is -2.99. The van der Waals surface area contributed by atoms with Gasteiger partial charge < -0.3 is 0 Å². The van der Waals surface area contributed by atoms with Gasteiger partial charge in [-0.05, 0) is 18.7 Å². The van der Waals surface area contributed by atoms with E-state index in [0.29, 0.717) is 10.8 Å². The van der Waals surface area contributed by atoms with E-state index in [4.69, 9.17) is 0 Å². The number of benzene rings is 2. The van der Waals surface area contributed by atoms with E-state index in [2.05, 4.69) is 15.0 Å². The quantitative estimate of drug-likeness (QED) is 0.396. The minimum atomic E-state index is -0.316. The van der Waals surface area contributed by atoms with Crippen molar-refractivity contribution in [2.45, 2.75) is 18.1 Å². The van der Waals surface area contributed by atoms with Crippen LogP contribution in [-0.2, 0) is 0 Å². The maximum absolute atomic E-state index is 12.7. The third kappa shape index (κ3) is 3.24. The molecule has 134 valence electrons. The van der Waals surface area contributed by atoms with Gasteiger partial charge in [-0.15, -0.1) is 0 Å². The standard InChI is InChI=1S/C21H18N4OS/c1-14(15-9-5-3-6-10-15)25-19-17(13-22-21(25)26)18(23-20(24-19)27-2)16-11-7-4-8-12-16/h3-14H,1-2H3. The van der Waals surface area contributed by atoms with E-state index in [1.807, 2.05) is 73.8 Å². The van der Waals surface area contributed by atoms with Crippen molar-refractivity contribution in [3.05, 3.63) is 82.9 Å². The second-order valence-corrected chi connectivity index (χ2v) is 6.93. The summed E-state index contributed by atoms with van der Waals surface area (Å²) in [6.45, 7) is 1.99.